The summed E-state index contributed by atoms with van der Waals surface area (Å²) in [5.74, 6) is -0.327. The molecule has 1 aliphatic carbocycles. The number of anilines is 1. The van der Waals surface area contributed by atoms with Gasteiger partial charge in [0.15, 0.2) is 0 Å². The van der Waals surface area contributed by atoms with Crippen molar-refractivity contribution < 1.29 is 35.9 Å². The highest BCUT2D eigenvalue weighted by Gasteiger charge is 2.36. The zero-order valence-electron chi connectivity index (χ0n) is 18.1. The van der Waals surface area contributed by atoms with Gasteiger partial charge in [-0.25, -0.2) is 0 Å². The van der Waals surface area contributed by atoms with Crippen LogP contribution in [0.15, 0.2) is 30.3 Å². The quantitative estimate of drug-likeness (QED) is 0.254. The smallest absolute Gasteiger partial charge is 0.420 e. The standard InChI is InChI=1S/C24H25F6NO2/c1-2-14-11-16(23(25,26)27)8-9-17(14)18-12-22(19(13-20(18)31)24(28,29)30)33-10-4-7-21(32)15-5-3-6-15/h8-9,11-13,15H,2-7,10,31H2,1H3. The lowest BCUT2D eigenvalue weighted by molar-refractivity contribution is -0.139. The van der Waals surface area contributed by atoms with Gasteiger partial charge in [0.2, 0.25) is 0 Å². The second-order valence-electron chi connectivity index (χ2n) is 8.20. The van der Waals surface area contributed by atoms with Crippen LogP contribution in [0.1, 0.15) is 55.7 Å². The van der Waals surface area contributed by atoms with Crippen molar-refractivity contribution in [2.24, 2.45) is 5.92 Å². The number of Topliss-reactive ketones (excluding diaryl/α,β-unsaturated/α-hetero) is 1. The summed E-state index contributed by atoms with van der Waals surface area (Å²) in [5.41, 5.74) is 4.53. The first kappa shape index (κ1) is 24.9. The van der Waals surface area contributed by atoms with Crippen LogP contribution < -0.4 is 10.5 Å². The van der Waals surface area contributed by atoms with Gasteiger partial charge >= 0.3 is 12.4 Å². The van der Waals surface area contributed by atoms with E-state index in [1.165, 1.54) is 6.07 Å². The van der Waals surface area contributed by atoms with Gasteiger partial charge in [-0.05, 0) is 61.1 Å². The molecule has 0 aliphatic heterocycles. The van der Waals surface area contributed by atoms with Crippen LogP contribution in [0.5, 0.6) is 5.75 Å². The van der Waals surface area contributed by atoms with E-state index in [4.69, 9.17) is 10.5 Å². The lowest BCUT2D eigenvalue weighted by atomic mass is 9.81. The monoisotopic (exact) mass is 473 g/mol. The minimum Gasteiger partial charge on any atom is -0.493 e. The van der Waals surface area contributed by atoms with Crippen LogP contribution in [0.3, 0.4) is 0 Å². The molecule has 3 nitrogen and oxygen atoms in total. The van der Waals surface area contributed by atoms with Gasteiger partial charge < -0.3 is 10.5 Å². The highest BCUT2D eigenvalue weighted by molar-refractivity contribution is 5.82. The molecule has 3 rings (SSSR count). The lowest BCUT2D eigenvalue weighted by Gasteiger charge is -2.23. The number of rotatable bonds is 8. The summed E-state index contributed by atoms with van der Waals surface area (Å²) in [6.07, 6.45) is -5.84. The van der Waals surface area contributed by atoms with E-state index in [1.54, 1.807) is 6.92 Å². The number of nitrogens with two attached hydrogens (primary N) is 1. The normalized spacial score (nSPS) is 14.8. The number of alkyl halides is 6. The molecule has 33 heavy (non-hydrogen) atoms. The Morgan fingerprint density at radius 2 is 1.73 bits per heavy atom. The number of carbonyl (C=O) groups excluding carboxylic acids is 1. The molecule has 0 amide bonds. The summed E-state index contributed by atoms with van der Waals surface area (Å²) in [6.45, 7) is 1.55. The minimum atomic E-state index is -4.74. The number of halogens is 6. The number of aryl methyl sites for hydroxylation is 1. The van der Waals surface area contributed by atoms with Crippen LogP contribution >= 0.6 is 0 Å². The van der Waals surface area contributed by atoms with E-state index in [1.807, 2.05) is 0 Å². The van der Waals surface area contributed by atoms with Gasteiger partial charge in [-0.3, -0.25) is 4.79 Å². The van der Waals surface area contributed by atoms with Gasteiger partial charge in [0, 0.05) is 23.6 Å². The number of hydrogen-bond donors (Lipinski definition) is 1. The van der Waals surface area contributed by atoms with Crippen LogP contribution in [0, 0.1) is 5.92 Å². The van der Waals surface area contributed by atoms with E-state index >= 15 is 0 Å². The molecule has 0 unspecified atom stereocenters. The van der Waals surface area contributed by atoms with Crippen LogP contribution in [-0.4, -0.2) is 12.4 Å². The Morgan fingerprint density at radius 3 is 2.27 bits per heavy atom. The van der Waals surface area contributed by atoms with Crippen molar-refractivity contribution in [2.75, 3.05) is 12.3 Å². The highest BCUT2D eigenvalue weighted by Crippen LogP contribution is 2.43. The number of ketones is 1. The Kier molecular flexibility index (Phi) is 7.29. The Bertz CT molecular complexity index is 1010. The van der Waals surface area contributed by atoms with E-state index in [9.17, 15) is 31.1 Å². The van der Waals surface area contributed by atoms with Gasteiger partial charge in [-0.15, -0.1) is 0 Å². The molecule has 9 heteroatoms. The van der Waals surface area contributed by atoms with E-state index < -0.39 is 29.2 Å². The third-order valence-electron chi connectivity index (χ3n) is 5.95. The molecule has 2 aromatic carbocycles. The minimum absolute atomic E-state index is 0.0472. The second kappa shape index (κ2) is 9.65. The van der Waals surface area contributed by atoms with Gasteiger partial charge in [0.25, 0.3) is 0 Å². The van der Waals surface area contributed by atoms with Gasteiger partial charge in [-0.2, -0.15) is 26.3 Å². The summed E-state index contributed by atoms with van der Waals surface area (Å²) in [7, 11) is 0. The molecule has 0 atom stereocenters. The first-order chi connectivity index (χ1) is 15.4. The molecule has 2 aromatic rings. The van der Waals surface area contributed by atoms with Crippen LogP contribution in [-0.2, 0) is 23.6 Å². The molecule has 0 spiro atoms. The largest absolute Gasteiger partial charge is 0.493 e. The Hall–Kier alpha value is -2.71. The summed E-state index contributed by atoms with van der Waals surface area (Å²) in [5, 5.41) is 0. The third-order valence-corrected chi connectivity index (χ3v) is 5.95. The van der Waals surface area contributed by atoms with Gasteiger partial charge in [-0.1, -0.05) is 19.4 Å². The highest BCUT2D eigenvalue weighted by atomic mass is 19.4. The molecule has 180 valence electrons. The number of nitrogen functional groups attached to an aromatic ring is 1. The van der Waals surface area contributed by atoms with Crippen LogP contribution in [0.4, 0.5) is 32.0 Å². The summed E-state index contributed by atoms with van der Waals surface area (Å²) in [4.78, 5) is 12.0. The lowest BCUT2D eigenvalue weighted by Crippen LogP contribution is -2.22. The van der Waals surface area contributed by atoms with Crippen molar-refractivity contribution in [3.63, 3.8) is 0 Å². The molecule has 1 fully saturated rings. The maximum absolute atomic E-state index is 13.6. The Morgan fingerprint density at radius 1 is 1.03 bits per heavy atom. The van der Waals surface area contributed by atoms with Crippen molar-refractivity contribution in [3.05, 3.63) is 47.0 Å². The number of carbonyl (C=O) groups is 1. The average molecular weight is 473 g/mol. The molecule has 2 N–H and O–H groups in total. The maximum Gasteiger partial charge on any atom is 0.420 e. The van der Waals surface area contributed by atoms with Crippen molar-refractivity contribution in [2.45, 2.75) is 57.8 Å². The fourth-order valence-electron chi connectivity index (χ4n) is 3.86. The molecule has 1 saturated carbocycles. The van der Waals surface area contributed by atoms with E-state index in [2.05, 4.69) is 0 Å². The zero-order chi connectivity index (χ0) is 24.4. The predicted molar refractivity (Wildman–Crippen MR) is 113 cm³/mol. The number of benzene rings is 2. The molecule has 0 radical (unpaired) electrons. The maximum atomic E-state index is 13.6. The van der Waals surface area contributed by atoms with Gasteiger partial charge in [0.1, 0.15) is 11.5 Å². The molecule has 0 aromatic heterocycles. The number of hydrogen-bond acceptors (Lipinski definition) is 3. The van der Waals surface area contributed by atoms with E-state index in [0.29, 0.717) is 11.1 Å². The van der Waals surface area contributed by atoms with E-state index in [0.717, 1.165) is 43.5 Å². The van der Waals surface area contributed by atoms with Crippen molar-refractivity contribution in [3.8, 4) is 16.9 Å². The fraction of sp³-hybridized carbons (Fsp3) is 0.458. The van der Waals surface area contributed by atoms with Crippen LogP contribution in [0.2, 0.25) is 0 Å². The summed E-state index contributed by atoms with van der Waals surface area (Å²) >= 11 is 0. The molecule has 0 saturated heterocycles. The SMILES string of the molecule is CCc1cc(C(F)(F)F)ccc1-c1cc(OCCCC(=O)C2CCC2)c(C(F)(F)F)cc1N. The van der Waals surface area contributed by atoms with Crippen molar-refractivity contribution in [1.82, 2.24) is 0 Å². The topological polar surface area (TPSA) is 52.3 Å². The van der Waals surface area contributed by atoms with Crippen LogP contribution in [0.25, 0.3) is 11.1 Å². The third kappa shape index (κ3) is 5.81. The number of ether oxygens (including phenoxy) is 1. The zero-order valence-corrected chi connectivity index (χ0v) is 18.1. The summed E-state index contributed by atoms with van der Waals surface area (Å²) < 4.78 is 85.4. The summed E-state index contributed by atoms with van der Waals surface area (Å²) in [6, 6.07) is 4.91. The van der Waals surface area contributed by atoms with Crippen molar-refractivity contribution in [1.29, 1.82) is 0 Å². The Balaban J connectivity index is 1.89. The molecule has 1 aliphatic rings. The average Bonchev–Trinajstić information content (AvgIpc) is 2.68. The molecule has 0 bridgehead atoms. The predicted octanol–water partition coefficient (Wildman–Crippen LogP) is 7.06. The Labute approximate surface area is 187 Å². The van der Waals surface area contributed by atoms with Gasteiger partial charge in [0.05, 0.1) is 17.7 Å². The first-order valence-corrected chi connectivity index (χ1v) is 10.8. The molecular weight excluding hydrogens is 448 g/mol. The molecule has 0 heterocycles. The van der Waals surface area contributed by atoms with Crippen molar-refractivity contribution >= 4 is 11.5 Å². The molecular formula is C24H25F6NO2. The van der Waals surface area contributed by atoms with E-state index in [-0.39, 0.29) is 48.8 Å². The second-order valence-corrected chi connectivity index (χ2v) is 8.20. The fourth-order valence-corrected chi connectivity index (χ4v) is 3.86. The first-order valence-electron chi connectivity index (χ1n) is 10.8.